The van der Waals surface area contributed by atoms with Crippen molar-refractivity contribution in [2.45, 2.75) is 0 Å². The standard InChI is InChI=1S/C26H20ClN7/c27-16-4-5-20-18(12-16)22-17(6-7-30-25(22)31-20)24-32-21-14-29-13-19(15-2-1-3-15)23(21)26(33-24)34-10-8-28-9-11-34/h1-7,12-14,28H,8-11H2,(H,30,31). The fraction of sp³-hybridized carbons (Fsp3) is 0.154. The molecular weight excluding hydrogens is 446 g/mol. The first-order chi connectivity index (χ1) is 16.8. The molecule has 0 spiro atoms. The summed E-state index contributed by atoms with van der Waals surface area (Å²) < 4.78 is 0. The van der Waals surface area contributed by atoms with E-state index in [1.54, 1.807) is 6.20 Å². The maximum atomic E-state index is 6.35. The topological polar surface area (TPSA) is 82.6 Å². The highest BCUT2D eigenvalue weighted by Gasteiger charge is 2.23. The summed E-state index contributed by atoms with van der Waals surface area (Å²) in [4.78, 5) is 25.0. The second-order valence-corrected chi connectivity index (χ2v) is 9.00. The number of rotatable bonds is 3. The van der Waals surface area contributed by atoms with E-state index in [0.717, 1.165) is 81.5 Å². The first kappa shape index (κ1) is 19.6. The van der Waals surface area contributed by atoms with E-state index in [1.807, 2.05) is 42.7 Å². The Morgan fingerprint density at radius 2 is 1.85 bits per heavy atom. The van der Waals surface area contributed by atoms with E-state index in [4.69, 9.17) is 21.6 Å². The highest BCUT2D eigenvalue weighted by atomic mass is 35.5. The number of nitrogens with zero attached hydrogens (tertiary/aromatic N) is 5. The van der Waals surface area contributed by atoms with Crippen LogP contribution >= 0.6 is 11.6 Å². The number of nitrogens with one attached hydrogen (secondary N) is 2. The maximum Gasteiger partial charge on any atom is 0.163 e. The summed E-state index contributed by atoms with van der Waals surface area (Å²) in [6.07, 6.45) is 11.8. The summed E-state index contributed by atoms with van der Waals surface area (Å²) in [7, 11) is 0. The lowest BCUT2D eigenvalue weighted by atomic mass is 9.97. The van der Waals surface area contributed by atoms with Crippen molar-refractivity contribution in [2.24, 2.45) is 0 Å². The van der Waals surface area contributed by atoms with Crippen LogP contribution in [0.3, 0.4) is 0 Å². The number of allylic oxidation sites excluding steroid dienone is 4. The van der Waals surface area contributed by atoms with E-state index in [2.05, 4.69) is 37.3 Å². The lowest BCUT2D eigenvalue weighted by Gasteiger charge is -2.30. The molecule has 1 saturated heterocycles. The molecule has 166 valence electrons. The zero-order chi connectivity index (χ0) is 22.6. The van der Waals surface area contributed by atoms with E-state index in [-0.39, 0.29) is 0 Å². The van der Waals surface area contributed by atoms with Crippen LogP contribution in [-0.4, -0.2) is 51.1 Å². The van der Waals surface area contributed by atoms with Gasteiger partial charge in [0.1, 0.15) is 11.5 Å². The van der Waals surface area contributed by atoms with Crippen LogP contribution in [0.4, 0.5) is 5.82 Å². The van der Waals surface area contributed by atoms with Crippen molar-refractivity contribution in [3.8, 4) is 11.4 Å². The van der Waals surface area contributed by atoms with Gasteiger partial charge in [-0.1, -0.05) is 29.8 Å². The summed E-state index contributed by atoms with van der Waals surface area (Å²) in [5, 5.41) is 7.15. The van der Waals surface area contributed by atoms with Crippen molar-refractivity contribution in [3.63, 3.8) is 0 Å². The Balaban J connectivity index is 1.53. The SMILES string of the molecule is Clc1ccc2[nH]c3nccc(-c4nc(N5CCNCC5)c5c(C6=CC=C6)cncc5n4)c3c2c1. The molecule has 1 aromatic carbocycles. The molecule has 1 aliphatic carbocycles. The molecule has 0 saturated carbocycles. The number of benzene rings is 1. The third-order valence-corrected chi connectivity index (χ3v) is 6.80. The number of hydrogen-bond donors (Lipinski definition) is 2. The summed E-state index contributed by atoms with van der Waals surface area (Å²) >= 11 is 6.35. The van der Waals surface area contributed by atoms with Gasteiger partial charge in [0.2, 0.25) is 0 Å². The molecule has 2 N–H and O–H groups in total. The molecule has 4 aromatic heterocycles. The smallest absolute Gasteiger partial charge is 0.163 e. The molecule has 1 aliphatic heterocycles. The average molecular weight is 466 g/mol. The van der Waals surface area contributed by atoms with Gasteiger partial charge in [-0.15, -0.1) is 0 Å². The Labute approximate surface area is 200 Å². The van der Waals surface area contributed by atoms with Crippen LogP contribution < -0.4 is 10.2 Å². The number of aromatic nitrogens is 5. The molecule has 7 nitrogen and oxygen atoms in total. The number of halogens is 1. The zero-order valence-corrected chi connectivity index (χ0v) is 19.0. The molecule has 5 heterocycles. The van der Waals surface area contributed by atoms with Crippen LogP contribution in [0.25, 0.3) is 49.8 Å². The highest BCUT2D eigenvalue weighted by molar-refractivity contribution is 6.32. The second-order valence-electron chi connectivity index (χ2n) is 8.57. The number of fused-ring (bicyclic) bond motifs is 4. The molecule has 5 aromatic rings. The lowest BCUT2D eigenvalue weighted by molar-refractivity contribution is 0.586. The van der Waals surface area contributed by atoms with Gasteiger partial charge in [-0.3, -0.25) is 4.98 Å². The molecule has 0 bridgehead atoms. The number of aromatic amines is 1. The Morgan fingerprint density at radius 3 is 2.68 bits per heavy atom. The van der Waals surface area contributed by atoms with Crippen LogP contribution in [0.2, 0.25) is 5.02 Å². The molecule has 1 fully saturated rings. The summed E-state index contributed by atoms with van der Waals surface area (Å²) in [5.74, 6) is 1.61. The van der Waals surface area contributed by atoms with E-state index in [9.17, 15) is 0 Å². The molecule has 34 heavy (non-hydrogen) atoms. The minimum atomic E-state index is 0.659. The Bertz CT molecular complexity index is 1660. The fourth-order valence-corrected chi connectivity index (χ4v) is 5.03. The molecule has 2 aliphatic rings. The molecule has 0 amide bonds. The van der Waals surface area contributed by atoms with E-state index in [0.29, 0.717) is 10.8 Å². The van der Waals surface area contributed by atoms with E-state index in [1.165, 1.54) is 0 Å². The number of anilines is 1. The van der Waals surface area contributed by atoms with Gasteiger partial charge in [0.05, 0.1) is 17.1 Å². The van der Waals surface area contributed by atoms with E-state index < -0.39 is 0 Å². The van der Waals surface area contributed by atoms with Gasteiger partial charge in [0, 0.05) is 71.0 Å². The number of piperazine rings is 1. The van der Waals surface area contributed by atoms with E-state index >= 15 is 0 Å². The predicted octanol–water partition coefficient (Wildman–Crippen LogP) is 4.74. The lowest BCUT2D eigenvalue weighted by Crippen LogP contribution is -2.44. The quantitative estimate of drug-likeness (QED) is 0.400. The predicted molar refractivity (Wildman–Crippen MR) is 137 cm³/mol. The monoisotopic (exact) mass is 465 g/mol. The van der Waals surface area contributed by atoms with Crippen molar-refractivity contribution in [1.29, 1.82) is 0 Å². The third-order valence-electron chi connectivity index (χ3n) is 6.56. The van der Waals surface area contributed by atoms with Gasteiger partial charge in [-0.2, -0.15) is 0 Å². The number of pyridine rings is 2. The molecule has 8 heteroatoms. The van der Waals surface area contributed by atoms with Crippen molar-refractivity contribution in [3.05, 3.63) is 71.7 Å². The van der Waals surface area contributed by atoms with Crippen molar-refractivity contribution >= 4 is 55.8 Å². The van der Waals surface area contributed by atoms with Crippen molar-refractivity contribution < 1.29 is 0 Å². The molecule has 0 unspecified atom stereocenters. The van der Waals surface area contributed by atoms with Gasteiger partial charge in [-0.25, -0.2) is 15.0 Å². The average Bonchev–Trinajstić information content (AvgIpc) is 3.21. The minimum absolute atomic E-state index is 0.659. The van der Waals surface area contributed by atoms with Gasteiger partial charge in [-0.05, 0) is 29.8 Å². The van der Waals surface area contributed by atoms with Crippen LogP contribution in [-0.2, 0) is 0 Å². The van der Waals surface area contributed by atoms with Crippen LogP contribution in [0.5, 0.6) is 0 Å². The van der Waals surface area contributed by atoms with Crippen molar-refractivity contribution in [1.82, 2.24) is 30.2 Å². The summed E-state index contributed by atoms with van der Waals surface area (Å²) in [6, 6.07) is 7.80. The summed E-state index contributed by atoms with van der Waals surface area (Å²) in [6.45, 7) is 3.61. The first-order valence-electron chi connectivity index (χ1n) is 11.3. The highest BCUT2D eigenvalue weighted by Crippen LogP contribution is 2.38. The molecular formula is C26H20ClN7. The fourth-order valence-electron chi connectivity index (χ4n) is 4.86. The van der Waals surface area contributed by atoms with Crippen LogP contribution in [0.1, 0.15) is 5.56 Å². The van der Waals surface area contributed by atoms with Gasteiger partial charge >= 0.3 is 0 Å². The van der Waals surface area contributed by atoms with Gasteiger partial charge in [0.15, 0.2) is 5.82 Å². The van der Waals surface area contributed by atoms with Gasteiger partial charge in [0.25, 0.3) is 0 Å². The molecule has 0 radical (unpaired) electrons. The Hall–Kier alpha value is -3.81. The van der Waals surface area contributed by atoms with Crippen LogP contribution in [0.15, 0.2) is 61.1 Å². The first-order valence-corrected chi connectivity index (χ1v) is 11.7. The number of H-pyrrole nitrogens is 1. The Kier molecular flexibility index (Phi) is 4.40. The largest absolute Gasteiger partial charge is 0.353 e. The van der Waals surface area contributed by atoms with Crippen molar-refractivity contribution in [2.75, 3.05) is 31.1 Å². The third kappa shape index (κ3) is 3.01. The molecule has 7 rings (SSSR count). The minimum Gasteiger partial charge on any atom is -0.353 e. The number of hydrogen-bond acceptors (Lipinski definition) is 6. The second kappa shape index (κ2) is 7.62. The van der Waals surface area contributed by atoms with Crippen LogP contribution in [0, 0.1) is 0 Å². The Morgan fingerprint density at radius 1 is 0.971 bits per heavy atom. The summed E-state index contributed by atoms with van der Waals surface area (Å²) in [5.41, 5.74) is 5.75. The van der Waals surface area contributed by atoms with Gasteiger partial charge < -0.3 is 15.2 Å². The maximum absolute atomic E-state index is 6.35. The normalized spacial score (nSPS) is 15.8. The molecule has 0 atom stereocenters. The zero-order valence-electron chi connectivity index (χ0n) is 18.2.